The molecule has 1 aromatic rings. The minimum Gasteiger partial charge on any atom is -0.480 e. The summed E-state index contributed by atoms with van der Waals surface area (Å²) in [5.41, 5.74) is 0.335. The fourth-order valence-electron chi connectivity index (χ4n) is 1.15. The third kappa shape index (κ3) is 5.65. The first kappa shape index (κ1) is 15.9. The van der Waals surface area contributed by atoms with Gasteiger partial charge in [-0.1, -0.05) is 0 Å². The van der Waals surface area contributed by atoms with Crippen LogP contribution in [-0.2, 0) is 9.59 Å². The summed E-state index contributed by atoms with van der Waals surface area (Å²) in [5.74, 6) is -2.29. The lowest BCUT2D eigenvalue weighted by atomic mass is 10.3. The quantitative estimate of drug-likeness (QED) is 0.634. The Morgan fingerprint density at radius 3 is 2.50 bits per heavy atom. The average molecular weight is 348 g/mol. The normalized spacial score (nSPS) is 9.70. The van der Waals surface area contributed by atoms with Crippen molar-refractivity contribution in [2.24, 2.45) is 0 Å². The van der Waals surface area contributed by atoms with Gasteiger partial charge in [-0.25, -0.2) is 9.18 Å². The van der Waals surface area contributed by atoms with E-state index in [-0.39, 0.29) is 11.0 Å². The van der Waals surface area contributed by atoms with Crippen LogP contribution >= 0.6 is 15.9 Å². The van der Waals surface area contributed by atoms with E-state index in [1.54, 1.807) is 0 Å². The zero-order valence-electron chi connectivity index (χ0n) is 10.1. The first-order valence-electron chi connectivity index (χ1n) is 5.37. The fourth-order valence-corrected chi connectivity index (χ4v) is 1.53. The summed E-state index contributed by atoms with van der Waals surface area (Å²) in [7, 11) is 0. The van der Waals surface area contributed by atoms with E-state index in [2.05, 4.69) is 31.9 Å². The molecule has 0 spiro atoms. The van der Waals surface area contributed by atoms with Crippen LogP contribution in [0.4, 0.5) is 14.9 Å². The number of carboxylic acid groups (broad SMARTS) is 1. The van der Waals surface area contributed by atoms with Crippen LogP contribution in [-0.4, -0.2) is 36.1 Å². The molecule has 0 radical (unpaired) electrons. The Hall–Kier alpha value is -2.16. The second-order valence-electron chi connectivity index (χ2n) is 3.61. The largest absolute Gasteiger partial charge is 0.480 e. The second-order valence-corrected chi connectivity index (χ2v) is 4.46. The number of carbonyl (C=O) groups excluding carboxylic acids is 2. The van der Waals surface area contributed by atoms with Crippen molar-refractivity contribution >= 4 is 39.5 Å². The van der Waals surface area contributed by atoms with E-state index in [9.17, 15) is 18.8 Å². The summed E-state index contributed by atoms with van der Waals surface area (Å²) in [4.78, 5) is 32.7. The first-order valence-corrected chi connectivity index (χ1v) is 6.16. The molecule has 0 aliphatic rings. The molecule has 0 aliphatic heterocycles. The number of aliphatic carboxylic acids is 1. The molecule has 1 aromatic carbocycles. The number of benzene rings is 1. The minimum atomic E-state index is -1.18. The number of amides is 3. The summed E-state index contributed by atoms with van der Waals surface area (Å²) >= 11 is 2.97. The van der Waals surface area contributed by atoms with Crippen LogP contribution in [0.5, 0.6) is 0 Å². The summed E-state index contributed by atoms with van der Waals surface area (Å²) in [6.07, 6.45) is 0. The summed E-state index contributed by atoms with van der Waals surface area (Å²) < 4.78 is 13.2. The van der Waals surface area contributed by atoms with E-state index in [4.69, 9.17) is 5.11 Å². The van der Waals surface area contributed by atoms with E-state index in [1.807, 2.05) is 0 Å². The van der Waals surface area contributed by atoms with E-state index in [0.29, 0.717) is 5.69 Å². The highest BCUT2D eigenvalue weighted by atomic mass is 79.9. The Morgan fingerprint density at radius 1 is 1.20 bits per heavy atom. The number of halogens is 2. The number of hydrogen-bond acceptors (Lipinski definition) is 3. The standard InChI is InChI=1S/C11H11BrFN3O4/c12-7-3-6(1-2-8(7)13)16-11(20)15-4-9(17)14-5-10(18)19/h1-3H,4-5H2,(H,14,17)(H,18,19)(H2,15,16,20). The van der Waals surface area contributed by atoms with Gasteiger partial charge in [0.2, 0.25) is 5.91 Å². The fraction of sp³-hybridized carbons (Fsp3) is 0.182. The second kappa shape index (κ2) is 7.43. The van der Waals surface area contributed by atoms with Crippen molar-refractivity contribution in [3.05, 3.63) is 28.5 Å². The molecule has 9 heteroatoms. The lowest BCUT2D eigenvalue weighted by Gasteiger charge is -2.08. The van der Waals surface area contributed by atoms with Crippen LogP contribution in [0.25, 0.3) is 0 Å². The minimum absolute atomic E-state index is 0.189. The van der Waals surface area contributed by atoms with Crippen LogP contribution in [0.1, 0.15) is 0 Å². The SMILES string of the molecule is O=C(O)CNC(=O)CNC(=O)Nc1ccc(F)c(Br)c1. The highest BCUT2D eigenvalue weighted by Crippen LogP contribution is 2.19. The molecule has 0 fully saturated rings. The van der Waals surface area contributed by atoms with Gasteiger partial charge in [0.25, 0.3) is 0 Å². The Labute approximate surface area is 121 Å². The molecule has 1 rings (SSSR count). The molecule has 20 heavy (non-hydrogen) atoms. The van der Waals surface area contributed by atoms with Gasteiger partial charge in [-0.3, -0.25) is 9.59 Å². The highest BCUT2D eigenvalue weighted by Gasteiger charge is 2.07. The Kier molecular flexibility index (Phi) is 5.91. The third-order valence-corrected chi connectivity index (χ3v) is 2.63. The topological polar surface area (TPSA) is 108 Å². The maximum Gasteiger partial charge on any atom is 0.322 e. The zero-order valence-corrected chi connectivity index (χ0v) is 11.7. The molecule has 0 heterocycles. The van der Waals surface area contributed by atoms with E-state index < -0.39 is 30.3 Å². The number of rotatable bonds is 5. The summed E-state index contributed by atoms with van der Waals surface area (Å²) in [6.45, 7) is -0.894. The van der Waals surface area contributed by atoms with Crippen molar-refractivity contribution < 1.29 is 23.9 Å². The Morgan fingerprint density at radius 2 is 1.90 bits per heavy atom. The maximum absolute atomic E-state index is 13.0. The van der Waals surface area contributed by atoms with Gasteiger partial charge in [-0.15, -0.1) is 0 Å². The number of carboxylic acids is 1. The maximum atomic E-state index is 13.0. The molecule has 4 N–H and O–H groups in total. The molecule has 0 aromatic heterocycles. The predicted molar refractivity (Wildman–Crippen MR) is 71.8 cm³/mol. The lowest BCUT2D eigenvalue weighted by Crippen LogP contribution is -2.40. The van der Waals surface area contributed by atoms with E-state index in [0.717, 1.165) is 0 Å². The molecule has 108 valence electrons. The predicted octanol–water partition coefficient (Wildman–Crippen LogP) is 0.910. The molecular formula is C11H11BrFN3O4. The van der Waals surface area contributed by atoms with Gasteiger partial charge in [0, 0.05) is 5.69 Å². The van der Waals surface area contributed by atoms with Gasteiger partial charge in [0.15, 0.2) is 0 Å². The van der Waals surface area contributed by atoms with Crippen molar-refractivity contribution in [2.45, 2.75) is 0 Å². The van der Waals surface area contributed by atoms with Crippen molar-refractivity contribution in [3.8, 4) is 0 Å². The van der Waals surface area contributed by atoms with Crippen LogP contribution in [0.15, 0.2) is 22.7 Å². The van der Waals surface area contributed by atoms with Gasteiger partial charge in [0.05, 0.1) is 11.0 Å². The summed E-state index contributed by atoms with van der Waals surface area (Å²) in [6, 6.07) is 3.21. The zero-order chi connectivity index (χ0) is 15.1. The molecule has 0 unspecified atom stereocenters. The van der Waals surface area contributed by atoms with Crippen LogP contribution in [0.3, 0.4) is 0 Å². The smallest absolute Gasteiger partial charge is 0.322 e. The van der Waals surface area contributed by atoms with E-state index >= 15 is 0 Å². The van der Waals surface area contributed by atoms with Gasteiger partial charge < -0.3 is 21.1 Å². The number of carbonyl (C=O) groups is 3. The van der Waals surface area contributed by atoms with E-state index in [1.165, 1.54) is 18.2 Å². The Bertz CT molecular complexity index is 538. The monoisotopic (exact) mass is 347 g/mol. The first-order chi connectivity index (χ1) is 9.38. The number of hydrogen-bond donors (Lipinski definition) is 4. The molecular weight excluding hydrogens is 337 g/mol. The van der Waals surface area contributed by atoms with Crippen LogP contribution < -0.4 is 16.0 Å². The van der Waals surface area contributed by atoms with Crippen molar-refractivity contribution in [1.29, 1.82) is 0 Å². The van der Waals surface area contributed by atoms with Crippen molar-refractivity contribution in [1.82, 2.24) is 10.6 Å². The summed E-state index contributed by atoms with van der Waals surface area (Å²) in [5, 5.41) is 15.0. The molecule has 0 saturated heterocycles. The number of nitrogens with one attached hydrogen (secondary N) is 3. The van der Waals surface area contributed by atoms with Gasteiger partial charge >= 0.3 is 12.0 Å². The average Bonchev–Trinajstić information content (AvgIpc) is 2.38. The van der Waals surface area contributed by atoms with Crippen LogP contribution in [0.2, 0.25) is 0 Å². The number of anilines is 1. The molecule has 0 atom stereocenters. The highest BCUT2D eigenvalue weighted by molar-refractivity contribution is 9.10. The van der Waals surface area contributed by atoms with Crippen molar-refractivity contribution in [2.75, 3.05) is 18.4 Å². The van der Waals surface area contributed by atoms with Crippen LogP contribution in [0, 0.1) is 5.82 Å². The molecule has 7 nitrogen and oxygen atoms in total. The van der Waals surface area contributed by atoms with Crippen molar-refractivity contribution in [3.63, 3.8) is 0 Å². The van der Waals surface area contributed by atoms with Gasteiger partial charge in [0.1, 0.15) is 12.4 Å². The molecule has 0 saturated carbocycles. The Balaban J connectivity index is 2.38. The third-order valence-electron chi connectivity index (χ3n) is 2.02. The van der Waals surface area contributed by atoms with Gasteiger partial charge in [-0.2, -0.15) is 0 Å². The molecule has 3 amide bonds. The molecule has 0 bridgehead atoms. The van der Waals surface area contributed by atoms with Gasteiger partial charge in [-0.05, 0) is 34.1 Å². The molecule has 0 aliphatic carbocycles. The lowest BCUT2D eigenvalue weighted by molar-refractivity contribution is -0.137. The number of urea groups is 1.